The number of hydrogen-bond donors (Lipinski definition) is 2. The van der Waals surface area contributed by atoms with Gasteiger partial charge in [0.05, 0.1) is 18.8 Å². The Bertz CT molecular complexity index is 415. The van der Waals surface area contributed by atoms with Gasteiger partial charge in [-0.05, 0) is 25.0 Å². The van der Waals surface area contributed by atoms with E-state index in [1.54, 1.807) is 0 Å². The number of nitrogens with zero attached hydrogens (tertiary/aromatic N) is 1. The predicted molar refractivity (Wildman–Crippen MR) is 82.1 cm³/mol. The lowest BCUT2D eigenvalue weighted by Gasteiger charge is -2.31. The summed E-state index contributed by atoms with van der Waals surface area (Å²) < 4.78 is 5.41. The predicted octanol–water partition coefficient (Wildman–Crippen LogP) is 1.77. The number of morpholine rings is 1. The third kappa shape index (κ3) is 4.20. The van der Waals surface area contributed by atoms with Crippen LogP contribution in [0.1, 0.15) is 25.8 Å². The lowest BCUT2D eigenvalue weighted by atomic mass is 10.0. The van der Waals surface area contributed by atoms with Gasteiger partial charge in [0.1, 0.15) is 0 Å². The monoisotopic (exact) mass is 278 g/mol. The maximum absolute atomic E-state index is 10.0. The summed E-state index contributed by atoms with van der Waals surface area (Å²) in [6.07, 6.45) is 0.755. The fourth-order valence-corrected chi connectivity index (χ4v) is 2.36. The number of para-hydroxylation sites is 1. The number of rotatable bonds is 6. The molecule has 20 heavy (non-hydrogen) atoms. The van der Waals surface area contributed by atoms with E-state index in [9.17, 15) is 5.11 Å². The highest BCUT2D eigenvalue weighted by atomic mass is 16.5. The van der Waals surface area contributed by atoms with Crippen LogP contribution in [0.5, 0.6) is 0 Å². The number of anilines is 1. The lowest BCUT2D eigenvalue weighted by molar-refractivity contribution is 0.0555. The molecule has 1 heterocycles. The van der Waals surface area contributed by atoms with E-state index >= 15 is 0 Å². The Balaban J connectivity index is 1.97. The van der Waals surface area contributed by atoms with Crippen molar-refractivity contribution in [3.05, 3.63) is 29.8 Å². The molecule has 4 heteroatoms. The van der Waals surface area contributed by atoms with Gasteiger partial charge in [0.25, 0.3) is 0 Å². The topological polar surface area (TPSA) is 44.7 Å². The molecule has 1 aromatic carbocycles. The Labute approximate surface area is 121 Å². The second kappa shape index (κ2) is 7.07. The van der Waals surface area contributed by atoms with Crippen molar-refractivity contribution < 1.29 is 9.84 Å². The first-order valence-electron chi connectivity index (χ1n) is 7.46. The summed E-state index contributed by atoms with van der Waals surface area (Å²) in [5.41, 5.74) is 1.93. The molecule has 0 aliphatic carbocycles. The molecule has 112 valence electrons. The van der Waals surface area contributed by atoms with E-state index in [1.165, 1.54) is 11.3 Å². The zero-order chi connectivity index (χ0) is 14.4. The smallest absolute Gasteiger partial charge is 0.0741 e. The molecule has 1 aliphatic heterocycles. The van der Waals surface area contributed by atoms with Crippen LogP contribution in [0.25, 0.3) is 0 Å². The van der Waals surface area contributed by atoms with Crippen molar-refractivity contribution in [1.29, 1.82) is 0 Å². The van der Waals surface area contributed by atoms with Crippen molar-refractivity contribution in [2.75, 3.05) is 37.7 Å². The molecular weight excluding hydrogens is 252 g/mol. The zero-order valence-electron chi connectivity index (χ0n) is 12.6. The average molecular weight is 278 g/mol. The molecule has 1 aliphatic rings. The first-order valence-corrected chi connectivity index (χ1v) is 7.46. The molecule has 1 fully saturated rings. The molecule has 2 rings (SSSR count). The van der Waals surface area contributed by atoms with Crippen molar-refractivity contribution >= 4 is 5.69 Å². The van der Waals surface area contributed by atoms with E-state index in [0.29, 0.717) is 6.54 Å². The van der Waals surface area contributed by atoms with Crippen LogP contribution >= 0.6 is 0 Å². The van der Waals surface area contributed by atoms with Gasteiger partial charge in [-0.15, -0.1) is 0 Å². The minimum atomic E-state index is -0.631. The number of ether oxygens (including phenoxy) is 1. The summed E-state index contributed by atoms with van der Waals surface area (Å²) in [7, 11) is 0. The molecule has 2 N–H and O–H groups in total. The molecule has 1 aromatic rings. The van der Waals surface area contributed by atoms with Crippen molar-refractivity contribution in [2.24, 2.45) is 0 Å². The molecular formula is C16H26N2O2. The van der Waals surface area contributed by atoms with Crippen LogP contribution in [0.3, 0.4) is 0 Å². The molecule has 0 unspecified atom stereocenters. The number of aliphatic hydroxyl groups is 1. The summed E-state index contributed by atoms with van der Waals surface area (Å²) in [6.45, 7) is 8.76. The van der Waals surface area contributed by atoms with Gasteiger partial charge in [-0.2, -0.15) is 0 Å². The van der Waals surface area contributed by atoms with E-state index < -0.39 is 5.60 Å². The van der Waals surface area contributed by atoms with Crippen molar-refractivity contribution in [2.45, 2.75) is 32.4 Å². The highest BCUT2D eigenvalue weighted by molar-refractivity contribution is 5.53. The van der Waals surface area contributed by atoms with Crippen molar-refractivity contribution in [1.82, 2.24) is 5.32 Å². The Morgan fingerprint density at radius 1 is 1.30 bits per heavy atom. The lowest BCUT2D eigenvalue weighted by Crippen LogP contribution is -2.38. The third-order valence-corrected chi connectivity index (χ3v) is 3.93. The summed E-state index contributed by atoms with van der Waals surface area (Å²) in [5.74, 6) is 0. The second-order valence-electron chi connectivity index (χ2n) is 5.68. The fraction of sp³-hybridized carbons (Fsp3) is 0.625. The Kier molecular flexibility index (Phi) is 5.40. The van der Waals surface area contributed by atoms with Gasteiger partial charge in [-0.1, -0.05) is 25.1 Å². The second-order valence-corrected chi connectivity index (χ2v) is 5.68. The zero-order valence-corrected chi connectivity index (χ0v) is 12.6. The minimum absolute atomic E-state index is 0.612. The quantitative estimate of drug-likeness (QED) is 0.832. The Morgan fingerprint density at radius 2 is 2.00 bits per heavy atom. The molecule has 0 spiro atoms. The van der Waals surface area contributed by atoms with E-state index in [1.807, 2.05) is 13.8 Å². The average Bonchev–Trinajstić information content (AvgIpc) is 2.48. The maximum Gasteiger partial charge on any atom is 0.0741 e. The van der Waals surface area contributed by atoms with Gasteiger partial charge < -0.3 is 20.1 Å². The van der Waals surface area contributed by atoms with Gasteiger partial charge in [-0.3, -0.25) is 0 Å². The van der Waals surface area contributed by atoms with Crippen molar-refractivity contribution in [3.8, 4) is 0 Å². The van der Waals surface area contributed by atoms with Crippen LogP contribution in [0, 0.1) is 0 Å². The number of nitrogens with one attached hydrogen (secondary N) is 1. The maximum atomic E-state index is 10.0. The number of hydrogen-bond acceptors (Lipinski definition) is 4. The van der Waals surface area contributed by atoms with Crippen molar-refractivity contribution in [3.63, 3.8) is 0 Å². The summed E-state index contributed by atoms with van der Waals surface area (Å²) >= 11 is 0. The van der Waals surface area contributed by atoms with Gasteiger partial charge in [-0.25, -0.2) is 0 Å². The molecule has 1 atom stereocenters. The molecule has 0 radical (unpaired) electrons. The molecule has 0 aromatic heterocycles. The van der Waals surface area contributed by atoms with Gasteiger partial charge in [0, 0.05) is 31.9 Å². The highest BCUT2D eigenvalue weighted by Gasteiger charge is 2.18. The van der Waals surface area contributed by atoms with E-state index in [0.717, 1.165) is 39.3 Å². The van der Waals surface area contributed by atoms with Gasteiger partial charge in [0.15, 0.2) is 0 Å². The first kappa shape index (κ1) is 15.3. The SMILES string of the molecule is CC[C@@](C)(O)CNCc1ccccc1N1CCOCC1. The highest BCUT2D eigenvalue weighted by Crippen LogP contribution is 2.21. The van der Waals surface area contributed by atoms with Gasteiger partial charge >= 0.3 is 0 Å². The van der Waals surface area contributed by atoms with Crippen LogP contribution < -0.4 is 10.2 Å². The molecule has 0 amide bonds. The van der Waals surface area contributed by atoms with Crippen LogP contribution in [-0.4, -0.2) is 43.6 Å². The first-order chi connectivity index (χ1) is 9.62. The van der Waals surface area contributed by atoms with Crippen LogP contribution in [0.2, 0.25) is 0 Å². The Morgan fingerprint density at radius 3 is 2.70 bits per heavy atom. The largest absolute Gasteiger partial charge is 0.389 e. The number of benzene rings is 1. The standard InChI is InChI=1S/C16H26N2O2/c1-3-16(2,19)13-17-12-14-6-4-5-7-15(14)18-8-10-20-11-9-18/h4-7,17,19H,3,8-13H2,1-2H3/t16-/m1/s1. The van der Waals surface area contributed by atoms with Crippen LogP contribution in [0.15, 0.2) is 24.3 Å². The molecule has 0 bridgehead atoms. The third-order valence-electron chi connectivity index (χ3n) is 3.93. The van der Waals surface area contributed by atoms with Crippen LogP contribution in [0.4, 0.5) is 5.69 Å². The van der Waals surface area contributed by atoms with Gasteiger partial charge in [0.2, 0.25) is 0 Å². The fourth-order valence-electron chi connectivity index (χ4n) is 2.36. The van der Waals surface area contributed by atoms with E-state index in [-0.39, 0.29) is 0 Å². The Hall–Kier alpha value is -1.10. The molecule has 4 nitrogen and oxygen atoms in total. The molecule has 0 saturated carbocycles. The normalized spacial score (nSPS) is 18.9. The summed E-state index contributed by atoms with van der Waals surface area (Å²) in [4.78, 5) is 2.37. The van der Waals surface area contributed by atoms with E-state index in [2.05, 4.69) is 34.5 Å². The molecule has 1 saturated heterocycles. The summed E-state index contributed by atoms with van der Waals surface area (Å²) in [5, 5.41) is 13.4. The van der Waals surface area contributed by atoms with Crippen LogP contribution in [-0.2, 0) is 11.3 Å². The summed E-state index contributed by atoms with van der Waals surface area (Å²) in [6, 6.07) is 8.47. The van der Waals surface area contributed by atoms with E-state index in [4.69, 9.17) is 4.74 Å². The minimum Gasteiger partial charge on any atom is -0.389 e.